The third-order valence-corrected chi connectivity index (χ3v) is 26.6. The van der Waals surface area contributed by atoms with Crippen LogP contribution in [-0.4, -0.2) is 18.3 Å². The average Bonchev–Trinajstić information content (AvgIpc) is 1.64. The van der Waals surface area contributed by atoms with Crippen molar-refractivity contribution in [1.29, 1.82) is 0 Å². The molecule has 0 radical (unpaired) electrons. The second-order valence-corrected chi connectivity index (χ2v) is 44.2. The van der Waals surface area contributed by atoms with Gasteiger partial charge in [-0.25, -0.2) is 0 Å². The molecule has 0 N–H and O–H groups in total. The van der Waals surface area contributed by atoms with E-state index in [4.69, 9.17) is 0 Å². The minimum Gasteiger partial charge on any atom is -0.335 e. The van der Waals surface area contributed by atoms with Crippen LogP contribution in [0.15, 0.2) is 455 Å². The monoisotopic (exact) mass is 1830 g/mol. The highest BCUT2D eigenvalue weighted by molar-refractivity contribution is 6.12. The Balaban J connectivity index is 0.000000118. The number of nitrogens with zero attached hydrogens (tertiary/aromatic N) is 4. The van der Waals surface area contributed by atoms with Gasteiger partial charge >= 0.3 is 0 Å². The molecule has 0 atom stereocenters. The topological polar surface area (TPSA) is 19.7 Å². The third kappa shape index (κ3) is 22.6. The number of fused-ring (bicyclic) bond motifs is 12. The summed E-state index contributed by atoms with van der Waals surface area (Å²) in [6.45, 7) is 47.4. The number of rotatable bonds is 7. The second-order valence-electron chi connectivity index (χ2n) is 44.2. The smallest absolute Gasteiger partial charge is 0.0544 e. The summed E-state index contributed by atoms with van der Waals surface area (Å²) in [7, 11) is 0. The third-order valence-electron chi connectivity index (χ3n) is 26.6. The maximum atomic E-state index is 2.43. The normalized spacial score (nSPS) is 11.9. The van der Waals surface area contributed by atoms with Crippen LogP contribution in [0.2, 0.25) is 0 Å². The molecule has 22 rings (SSSR count). The molecule has 0 saturated heterocycles. The first-order chi connectivity index (χ1) is 66.9. The van der Waals surface area contributed by atoms with Gasteiger partial charge in [-0.05, 0) is 228 Å². The van der Waals surface area contributed by atoms with Gasteiger partial charge in [0.2, 0.25) is 0 Å². The standard InChI is InChI=1S/3C22H21N.C22H22.C16H17N.2C16H18/c1-22(2,3)16-9-8-10-17(15-16)23-20-13-6-4-11-18(20)19-12-5-7-14-21(19)23;1-22(2,3)16-13-14-21-19(15-16)18-11-7-8-12-20(18)23(21)17-9-5-4-6-10-17;1-22(2,3)16-13-14-19-18-11-7-8-12-20(18)23(21(19)15-16)17-9-5-4-6-10-17;1-22(2,3)21-14-8-13-20(16-21)19-12-7-11-18(15-19)17-9-5-4-6-10-17;1-16(2,3)17-14-10-6-4-8-12(14)13-9-5-7-11-15(13)17;1-16(2,3)15-11-7-10-14(12-15)13-8-5-4-6-9-13;1-16(2,3)15-11-9-14(10-12-15)13-7-5-4-6-8-13/h3*4-15H,1-3H3;4-16H,1-3H3;4-11H,1-3H3;2*4-12H,1-3H3. The zero-order valence-corrected chi connectivity index (χ0v) is 86.1. The molecule has 0 unspecified atom stereocenters. The lowest BCUT2D eigenvalue weighted by molar-refractivity contribution is 0.423. The number of para-hydroxylation sites is 8. The fourth-order valence-electron chi connectivity index (χ4n) is 18.8. The van der Waals surface area contributed by atoms with Crippen LogP contribution in [0.1, 0.15) is 179 Å². The molecule has 0 saturated carbocycles. The molecule has 0 bridgehead atoms. The van der Waals surface area contributed by atoms with E-state index in [-0.39, 0.29) is 38.0 Å². The number of hydrogen-bond donors (Lipinski definition) is 0. The van der Waals surface area contributed by atoms with Crippen LogP contribution in [-0.2, 0) is 38.0 Å². The van der Waals surface area contributed by atoms with E-state index in [0.29, 0.717) is 0 Å². The highest BCUT2D eigenvalue weighted by Crippen LogP contribution is 2.42. The van der Waals surface area contributed by atoms with Crippen molar-refractivity contribution in [1.82, 2.24) is 18.3 Å². The Morgan fingerprint density at radius 1 is 0.129 bits per heavy atom. The molecule has 0 fully saturated rings. The lowest BCUT2D eigenvalue weighted by atomic mass is 9.85. The van der Waals surface area contributed by atoms with Gasteiger partial charge < -0.3 is 18.3 Å². The van der Waals surface area contributed by atoms with Gasteiger partial charge in [-0.2, -0.15) is 0 Å². The van der Waals surface area contributed by atoms with Crippen molar-refractivity contribution in [2.24, 2.45) is 0 Å². The van der Waals surface area contributed by atoms with Crippen molar-refractivity contribution in [2.75, 3.05) is 0 Å². The average molecular weight is 1830 g/mol. The molecule has 22 aromatic rings. The minimum atomic E-state index is 0.0999. The SMILES string of the molecule is CC(C)(C)c1ccc(-c2ccccc2)cc1.CC(C)(C)c1ccc2c(c1)c1ccccc1n2-c1ccccc1.CC(C)(C)c1ccc2c3ccccc3n(-c3ccccc3)c2c1.CC(C)(C)c1cccc(-c2cccc(-c3ccccc3)c2)c1.CC(C)(C)c1cccc(-c2ccccc2)c1.CC(C)(C)c1cccc(-n2c3ccccc3c3ccccc32)c1.CC(C)(C)n1c2ccccc2c2ccccc21. The molecule has 4 aromatic heterocycles. The van der Waals surface area contributed by atoms with Crippen molar-refractivity contribution in [2.45, 2.75) is 183 Å². The Labute approximate surface area is 833 Å². The van der Waals surface area contributed by atoms with Gasteiger partial charge in [0, 0.05) is 76.7 Å². The molecule has 4 heteroatoms. The molecule has 18 aromatic carbocycles. The summed E-state index contributed by atoms with van der Waals surface area (Å²) in [5.74, 6) is 0. The Bertz CT molecular complexity index is 7830. The Hall–Kier alpha value is -14.8. The summed E-state index contributed by atoms with van der Waals surface area (Å²) in [5, 5.41) is 10.6. The predicted molar refractivity (Wildman–Crippen MR) is 610 cm³/mol. The van der Waals surface area contributed by atoms with E-state index in [1.54, 1.807) is 0 Å². The fraction of sp³-hybridized carbons (Fsp3) is 0.206. The summed E-state index contributed by atoms with van der Waals surface area (Å²) in [4.78, 5) is 0. The molecular formula is C136H138N4. The molecular weight excluding hydrogens is 1690 g/mol. The summed E-state index contributed by atoms with van der Waals surface area (Å²) in [5.41, 5.74) is 33.5. The predicted octanol–water partition coefficient (Wildman–Crippen LogP) is 38.4. The van der Waals surface area contributed by atoms with E-state index in [9.17, 15) is 0 Å². The van der Waals surface area contributed by atoms with Gasteiger partial charge in [-0.15, -0.1) is 0 Å². The van der Waals surface area contributed by atoms with Crippen LogP contribution in [0.4, 0.5) is 0 Å². The van der Waals surface area contributed by atoms with Crippen molar-refractivity contribution in [3.63, 3.8) is 0 Å². The second kappa shape index (κ2) is 41.4. The molecule has 0 amide bonds. The van der Waals surface area contributed by atoms with Gasteiger partial charge in [-0.3, -0.25) is 0 Å². The van der Waals surface area contributed by atoms with E-state index in [1.165, 1.54) is 182 Å². The number of hydrogen-bond acceptors (Lipinski definition) is 0. The number of aromatic nitrogens is 4. The Morgan fingerprint density at radius 2 is 0.357 bits per heavy atom. The van der Waals surface area contributed by atoms with Crippen molar-refractivity contribution in [3.05, 3.63) is 488 Å². The van der Waals surface area contributed by atoms with E-state index >= 15 is 0 Å². The molecule has 0 aliphatic heterocycles. The van der Waals surface area contributed by atoms with Crippen molar-refractivity contribution < 1.29 is 0 Å². The first-order valence-electron chi connectivity index (χ1n) is 49.8. The Kier molecular flexibility index (Phi) is 29.1. The molecule has 0 aliphatic rings. The quantitative estimate of drug-likeness (QED) is 0.152. The maximum Gasteiger partial charge on any atom is 0.0544 e. The van der Waals surface area contributed by atoms with Crippen LogP contribution in [0.25, 0.3) is 149 Å². The van der Waals surface area contributed by atoms with E-state index in [2.05, 4.69) is 613 Å². The van der Waals surface area contributed by atoms with E-state index in [0.717, 1.165) is 0 Å². The summed E-state index contributed by atoms with van der Waals surface area (Å²) in [6.07, 6.45) is 0. The number of benzene rings is 18. The van der Waals surface area contributed by atoms with Gasteiger partial charge in [0.05, 0.1) is 33.1 Å². The Morgan fingerprint density at radius 3 is 0.743 bits per heavy atom. The molecule has 4 heterocycles. The summed E-state index contributed by atoms with van der Waals surface area (Å²) < 4.78 is 9.54. The highest BCUT2D eigenvalue weighted by atomic mass is 15.0. The zero-order chi connectivity index (χ0) is 98.9. The van der Waals surface area contributed by atoms with Gasteiger partial charge in [0.25, 0.3) is 0 Å². The molecule has 4 nitrogen and oxygen atoms in total. The van der Waals surface area contributed by atoms with Crippen LogP contribution < -0.4 is 0 Å². The van der Waals surface area contributed by atoms with Crippen molar-refractivity contribution >= 4 is 87.2 Å². The molecule has 0 aliphatic carbocycles. The van der Waals surface area contributed by atoms with Crippen LogP contribution in [0, 0.1) is 0 Å². The minimum absolute atomic E-state index is 0.0999. The zero-order valence-electron chi connectivity index (χ0n) is 86.1. The molecule has 140 heavy (non-hydrogen) atoms. The fourth-order valence-corrected chi connectivity index (χ4v) is 18.8. The lowest BCUT2D eigenvalue weighted by Crippen LogP contribution is -2.21. The van der Waals surface area contributed by atoms with Crippen LogP contribution in [0.3, 0.4) is 0 Å². The highest BCUT2D eigenvalue weighted by Gasteiger charge is 2.25. The van der Waals surface area contributed by atoms with Crippen LogP contribution >= 0.6 is 0 Å². The van der Waals surface area contributed by atoms with Gasteiger partial charge in [0.1, 0.15) is 0 Å². The largest absolute Gasteiger partial charge is 0.335 e. The maximum absolute atomic E-state index is 2.43. The molecule has 702 valence electrons. The van der Waals surface area contributed by atoms with Crippen molar-refractivity contribution in [3.8, 4) is 61.6 Å². The van der Waals surface area contributed by atoms with Crippen LogP contribution in [0.5, 0.6) is 0 Å². The van der Waals surface area contributed by atoms with Gasteiger partial charge in [-0.1, -0.05) is 483 Å². The summed E-state index contributed by atoms with van der Waals surface area (Å²) >= 11 is 0. The lowest BCUT2D eigenvalue weighted by Gasteiger charge is -2.24. The first-order valence-corrected chi connectivity index (χ1v) is 49.8. The first kappa shape index (κ1) is 98.2. The van der Waals surface area contributed by atoms with E-state index in [1.807, 2.05) is 6.07 Å². The summed E-state index contributed by atoms with van der Waals surface area (Å²) in [6, 6.07) is 163. The molecule has 0 spiro atoms. The van der Waals surface area contributed by atoms with E-state index < -0.39 is 0 Å². The van der Waals surface area contributed by atoms with Gasteiger partial charge in [0.15, 0.2) is 0 Å².